The smallest absolute Gasteiger partial charge is 0.338 e. The molecule has 6 heteroatoms. The SMILES string of the molecule is COC(=O)c1ccccc1-c1ccc(NC(=O)[C@@H]2[C@H]3C[C@H]4[C@H]2C(=O)O[C@H]4C3)cc1. The molecule has 1 saturated heterocycles. The highest BCUT2D eigenvalue weighted by molar-refractivity contribution is 5.98. The molecule has 2 aromatic rings. The van der Waals surface area contributed by atoms with Gasteiger partial charge >= 0.3 is 11.9 Å². The second-order valence-electron chi connectivity index (χ2n) is 8.03. The molecule has 6 nitrogen and oxygen atoms in total. The number of methoxy groups -OCH3 is 1. The Hall–Kier alpha value is -3.15. The standard InChI is InChI=1S/C23H21NO5/c1-28-22(26)16-5-3-2-4-15(16)12-6-8-14(9-7-12)24-21(25)19-13-10-17-18(11-13)29-23(27)20(17)19/h2-9,13,17-20H,10-11H2,1H3,(H,24,25)/t13-,17+,18-,19+,20+/m0/s1. The lowest BCUT2D eigenvalue weighted by Gasteiger charge is -2.23. The summed E-state index contributed by atoms with van der Waals surface area (Å²) in [6.07, 6.45) is 1.73. The van der Waals surface area contributed by atoms with Crippen molar-refractivity contribution in [1.82, 2.24) is 0 Å². The molecule has 2 aromatic carbocycles. The van der Waals surface area contributed by atoms with E-state index in [9.17, 15) is 14.4 Å². The Morgan fingerprint density at radius 2 is 1.83 bits per heavy atom. The number of ether oxygens (including phenoxy) is 2. The molecule has 5 atom stereocenters. The van der Waals surface area contributed by atoms with Crippen LogP contribution in [0.25, 0.3) is 11.1 Å². The molecule has 3 fully saturated rings. The zero-order chi connectivity index (χ0) is 20.1. The van der Waals surface area contributed by atoms with Gasteiger partial charge in [0.1, 0.15) is 6.10 Å². The summed E-state index contributed by atoms with van der Waals surface area (Å²) in [6.45, 7) is 0. The van der Waals surface area contributed by atoms with Crippen molar-refractivity contribution in [2.24, 2.45) is 23.7 Å². The molecule has 148 valence electrons. The predicted molar refractivity (Wildman–Crippen MR) is 105 cm³/mol. The molecular weight excluding hydrogens is 370 g/mol. The van der Waals surface area contributed by atoms with E-state index in [4.69, 9.17) is 9.47 Å². The van der Waals surface area contributed by atoms with E-state index in [2.05, 4.69) is 5.32 Å². The van der Waals surface area contributed by atoms with Crippen molar-refractivity contribution in [2.45, 2.75) is 18.9 Å². The lowest BCUT2D eigenvalue weighted by atomic mass is 9.79. The lowest BCUT2D eigenvalue weighted by molar-refractivity contribution is -0.145. The fourth-order valence-electron chi connectivity index (χ4n) is 5.34. The van der Waals surface area contributed by atoms with Crippen molar-refractivity contribution in [3.05, 3.63) is 54.1 Å². The lowest BCUT2D eigenvalue weighted by Crippen LogP contribution is -2.35. The zero-order valence-corrected chi connectivity index (χ0v) is 16.0. The minimum atomic E-state index is -0.393. The maximum Gasteiger partial charge on any atom is 0.338 e. The Morgan fingerprint density at radius 1 is 1.07 bits per heavy atom. The average Bonchev–Trinajstić information content (AvgIpc) is 3.36. The Kier molecular flexibility index (Phi) is 4.15. The van der Waals surface area contributed by atoms with E-state index in [0.717, 1.165) is 24.0 Å². The molecule has 0 aromatic heterocycles. The highest BCUT2D eigenvalue weighted by Crippen LogP contribution is 2.57. The monoisotopic (exact) mass is 391 g/mol. The van der Waals surface area contributed by atoms with Crippen molar-refractivity contribution in [3.8, 4) is 11.1 Å². The molecule has 29 heavy (non-hydrogen) atoms. The van der Waals surface area contributed by atoms with Gasteiger partial charge in [0.2, 0.25) is 5.91 Å². The fraction of sp³-hybridized carbons (Fsp3) is 0.348. The van der Waals surface area contributed by atoms with Gasteiger partial charge < -0.3 is 14.8 Å². The van der Waals surface area contributed by atoms with Crippen LogP contribution < -0.4 is 5.32 Å². The van der Waals surface area contributed by atoms with Crippen LogP contribution in [0.15, 0.2) is 48.5 Å². The molecule has 2 aliphatic carbocycles. The van der Waals surface area contributed by atoms with Gasteiger partial charge in [-0.3, -0.25) is 9.59 Å². The molecule has 1 N–H and O–H groups in total. The normalized spacial score (nSPS) is 28.9. The molecule has 5 rings (SSSR count). The molecule has 0 unspecified atom stereocenters. The first kappa shape index (κ1) is 17.9. The van der Waals surface area contributed by atoms with Gasteiger partial charge in [-0.1, -0.05) is 30.3 Å². The summed E-state index contributed by atoms with van der Waals surface area (Å²) in [5.41, 5.74) is 2.78. The van der Waals surface area contributed by atoms with Gasteiger partial charge in [0.05, 0.1) is 24.5 Å². The van der Waals surface area contributed by atoms with E-state index in [-0.39, 0.29) is 41.7 Å². The maximum atomic E-state index is 12.9. The van der Waals surface area contributed by atoms with Crippen LogP contribution in [0, 0.1) is 23.7 Å². The predicted octanol–water partition coefficient (Wildman–Crippen LogP) is 3.28. The third-order valence-electron chi connectivity index (χ3n) is 6.58. The van der Waals surface area contributed by atoms with Gasteiger partial charge in [-0.05, 0) is 48.1 Å². The maximum absolute atomic E-state index is 12.9. The summed E-state index contributed by atoms with van der Waals surface area (Å²) >= 11 is 0. The first-order valence-corrected chi connectivity index (χ1v) is 9.86. The third-order valence-corrected chi connectivity index (χ3v) is 6.58. The largest absolute Gasteiger partial charge is 0.465 e. The number of esters is 2. The number of nitrogens with one attached hydrogen (secondary N) is 1. The fourth-order valence-corrected chi connectivity index (χ4v) is 5.34. The number of amides is 1. The van der Waals surface area contributed by atoms with Crippen LogP contribution >= 0.6 is 0 Å². The van der Waals surface area contributed by atoms with E-state index >= 15 is 0 Å². The minimum absolute atomic E-state index is 0.0238. The zero-order valence-electron chi connectivity index (χ0n) is 16.0. The molecule has 1 aliphatic heterocycles. The van der Waals surface area contributed by atoms with Crippen LogP contribution in [0.1, 0.15) is 23.2 Å². The van der Waals surface area contributed by atoms with Crippen molar-refractivity contribution in [3.63, 3.8) is 0 Å². The second kappa shape index (κ2) is 6.72. The Balaban J connectivity index is 1.34. The third kappa shape index (κ3) is 2.82. The first-order valence-electron chi connectivity index (χ1n) is 9.86. The molecule has 2 saturated carbocycles. The Bertz CT molecular complexity index is 997. The quantitative estimate of drug-likeness (QED) is 0.809. The highest BCUT2D eigenvalue weighted by Gasteiger charge is 2.63. The highest BCUT2D eigenvalue weighted by atomic mass is 16.6. The van der Waals surface area contributed by atoms with Gasteiger partial charge in [0.25, 0.3) is 0 Å². The summed E-state index contributed by atoms with van der Waals surface area (Å²) in [6, 6.07) is 14.6. The van der Waals surface area contributed by atoms with Crippen LogP contribution in [0.5, 0.6) is 0 Å². The van der Waals surface area contributed by atoms with Gasteiger partial charge in [-0.2, -0.15) is 0 Å². The van der Waals surface area contributed by atoms with E-state index in [1.807, 2.05) is 36.4 Å². The van der Waals surface area contributed by atoms with E-state index < -0.39 is 5.97 Å². The summed E-state index contributed by atoms with van der Waals surface area (Å²) in [5, 5.41) is 2.96. The second-order valence-corrected chi connectivity index (χ2v) is 8.03. The van der Waals surface area contributed by atoms with Gasteiger partial charge in [-0.15, -0.1) is 0 Å². The summed E-state index contributed by atoms with van der Waals surface area (Å²) in [7, 11) is 1.36. The van der Waals surface area contributed by atoms with Crippen LogP contribution in [-0.4, -0.2) is 31.1 Å². The van der Waals surface area contributed by atoms with Crippen LogP contribution in [0.2, 0.25) is 0 Å². The first-order chi connectivity index (χ1) is 14.1. The van der Waals surface area contributed by atoms with Gasteiger partial charge in [0.15, 0.2) is 0 Å². The molecule has 0 spiro atoms. The summed E-state index contributed by atoms with van der Waals surface area (Å²) in [4.78, 5) is 37.0. The molecule has 3 aliphatic rings. The number of anilines is 1. The molecule has 1 amide bonds. The summed E-state index contributed by atoms with van der Waals surface area (Å²) in [5.74, 6) is -0.863. The number of carbonyl (C=O) groups is 3. The number of fused-ring (bicyclic) bond motifs is 1. The van der Waals surface area contributed by atoms with Gasteiger partial charge in [-0.25, -0.2) is 4.79 Å². The van der Waals surface area contributed by atoms with E-state index in [0.29, 0.717) is 11.3 Å². The van der Waals surface area contributed by atoms with E-state index in [1.165, 1.54) is 7.11 Å². The number of hydrogen-bond donors (Lipinski definition) is 1. The Morgan fingerprint density at radius 3 is 2.59 bits per heavy atom. The topological polar surface area (TPSA) is 81.7 Å². The van der Waals surface area contributed by atoms with Crippen molar-refractivity contribution in [2.75, 3.05) is 12.4 Å². The molecule has 2 bridgehead atoms. The van der Waals surface area contributed by atoms with Crippen LogP contribution in [0.4, 0.5) is 5.69 Å². The number of rotatable bonds is 4. The molecule has 1 heterocycles. The Labute approximate surface area is 168 Å². The van der Waals surface area contributed by atoms with Crippen molar-refractivity contribution in [1.29, 1.82) is 0 Å². The van der Waals surface area contributed by atoms with Gasteiger partial charge in [0, 0.05) is 11.6 Å². The number of benzene rings is 2. The molecular formula is C23H21NO5. The number of hydrogen-bond acceptors (Lipinski definition) is 5. The van der Waals surface area contributed by atoms with E-state index in [1.54, 1.807) is 12.1 Å². The van der Waals surface area contributed by atoms with Crippen molar-refractivity contribution < 1.29 is 23.9 Å². The molecule has 0 radical (unpaired) electrons. The average molecular weight is 391 g/mol. The minimum Gasteiger partial charge on any atom is -0.465 e. The summed E-state index contributed by atoms with van der Waals surface area (Å²) < 4.78 is 10.3. The van der Waals surface area contributed by atoms with Crippen LogP contribution in [-0.2, 0) is 19.1 Å². The number of carbonyl (C=O) groups excluding carboxylic acids is 3. The van der Waals surface area contributed by atoms with Crippen LogP contribution in [0.3, 0.4) is 0 Å². The van der Waals surface area contributed by atoms with Crippen molar-refractivity contribution >= 4 is 23.5 Å².